The lowest BCUT2D eigenvalue weighted by atomic mass is 9.83. The molecule has 3 rings (SSSR count). The van der Waals surface area contributed by atoms with Crippen molar-refractivity contribution >= 4 is 34.2 Å². The molecule has 2 aromatic rings. The number of para-hydroxylation sites is 1. The molecule has 0 saturated heterocycles. The van der Waals surface area contributed by atoms with E-state index in [1.807, 2.05) is 18.2 Å². The van der Waals surface area contributed by atoms with Gasteiger partial charge < -0.3 is 4.57 Å². The van der Waals surface area contributed by atoms with Crippen LogP contribution in [0.25, 0.3) is 11.0 Å². The zero-order valence-electron chi connectivity index (χ0n) is 12.5. The van der Waals surface area contributed by atoms with Gasteiger partial charge in [0.15, 0.2) is 0 Å². The van der Waals surface area contributed by atoms with Gasteiger partial charge in [0.05, 0.1) is 16.1 Å². The standard InChI is InChI=1S/C17H22Cl2N2/c1-12-5-7-13(8-6-12)11-21-16(9-10-18)20-15-4-2-3-14(19)17(15)21/h2-4,12-13H,5-11H2,1H3. The Bertz CT molecular complexity index is 613. The number of imidazole rings is 1. The molecule has 0 unspecified atom stereocenters. The smallest absolute Gasteiger partial charge is 0.111 e. The summed E-state index contributed by atoms with van der Waals surface area (Å²) in [6.07, 6.45) is 6.11. The van der Waals surface area contributed by atoms with E-state index in [0.29, 0.717) is 5.88 Å². The zero-order valence-corrected chi connectivity index (χ0v) is 14.0. The molecule has 0 atom stereocenters. The largest absolute Gasteiger partial charge is 0.326 e. The quantitative estimate of drug-likeness (QED) is 0.698. The molecule has 1 aliphatic rings. The molecule has 114 valence electrons. The van der Waals surface area contributed by atoms with Crippen LogP contribution in [0.4, 0.5) is 0 Å². The van der Waals surface area contributed by atoms with Crippen molar-refractivity contribution in [1.82, 2.24) is 9.55 Å². The molecule has 0 amide bonds. The van der Waals surface area contributed by atoms with Crippen molar-refractivity contribution in [2.75, 3.05) is 5.88 Å². The number of nitrogens with zero attached hydrogens (tertiary/aromatic N) is 2. The molecule has 1 fully saturated rings. The third-order valence-electron chi connectivity index (χ3n) is 4.69. The van der Waals surface area contributed by atoms with Gasteiger partial charge in [-0.25, -0.2) is 4.98 Å². The van der Waals surface area contributed by atoms with Crippen molar-refractivity contribution in [3.63, 3.8) is 0 Å². The number of fused-ring (bicyclic) bond motifs is 1. The van der Waals surface area contributed by atoms with Crippen LogP contribution in [-0.2, 0) is 13.0 Å². The Balaban J connectivity index is 1.93. The number of hydrogen-bond acceptors (Lipinski definition) is 1. The van der Waals surface area contributed by atoms with Crippen molar-refractivity contribution in [2.24, 2.45) is 11.8 Å². The van der Waals surface area contributed by atoms with Gasteiger partial charge in [-0.2, -0.15) is 0 Å². The molecule has 21 heavy (non-hydrogen) atoms. The topological polar surface area (TPSA) is 17.8 Å². The average Bonchev–Trinajstić information content (AvgIpc) is 2.81. The monoisotopic (exact) mass is 324 g/mol. The summed E-state index contributed by atoms with van der Waals surface area (Å²) in [6, 6.07) is 5.96. The first-order valence-electron chi connectivity index (χ1n) is 7.88. The van der Waals surface area contributed by atoms with E-state index < -0.39 is 0 Å². The molecule has 1 aromatic heterocycles. The van der Waals surface area contributed by atoms with E-state index in [0.717, 1.165) is 46.7 Å². The summed E-state index contributed by atoms with van der Waals surface area (Å²) < 4.78 is 2.32. The molecule has 0 N–H and O–H groups in total. The van der Waals surface area contributed by atoms with Crippen LogP contribution in [0.3, 0.4) is 0 Å². The number of benzene rings is 1. The van der Waals surface area contributed by atoms with Crippen LogP contribution in [0.15, 0.2) is 18.2 Å². The maximum Gasteiger partial charge on any atom is 0.111 e. The van der Waals surface area contributed by atoms with Gasteiger partial charge in [-0.3, -0.25) is 0 Å². The number of hydrogen-bond donors (Lipinski definition) is 0. The number of halogens is 2. The number of aryl methyl sites for hydroxylation is 1. The van der Waals surface area contributed by atoms with Crippen molar-refractivity contribution in [3.05, 3.63) is 29.0 Å². The Labute approximate surface area is 136 Å². The van der Waals surface area contributed by atoms with Gasteiger partial charge >= 0.3 is 0 Å². The van der Waals surface area contributed by atoms with Gasteiger partial charge in [0.1, 0.15) is 5.82 Å². The van der Waals surface area contributed by atoms with Gasteiger partial charge in [-0.1, -0.05) is 37.4 Å². The van der Waals surface area contributed by atoms with Crippen LogP contribution in [0.2, 0.25) is 5.02 Å². The summed E-state index contributed by atoms with van der Waals surface area (Å²) in [5.41, 5.74) is 2.07. The third-order valence-corrected chi connectivity index (χ3v) is 5.18. The molecule has 1 aromatic carbocycles. The van der Waals surface area contributed by atoms with Crippen molar-refractivity contribution in [1.29, 1.82) is 0 Å². The molecule has 0 bridgehead atoms. The molecular formula is C17H22Cl2N2. The summed E-state index contributed by atoms with van der Waals surface area (Å²) in [7, 11) is 0. The fourth-order valence-electron chi connectivity index (χ4n) is 3.43. The highest BCUT2D eigenvalue weighted by Gasteiger charge is 2.21. The highest BCUT2D eigenvalue weighted by Crippen LogP contribution is 2.32. The minimum Gasteiger partial charge on any atom is -0.326 e. The highest BCUT2D eigenvalue weighted by molar-refractivity contribution is 6.35. The summed E-state index contributed by atoms with van der Waals surface area (Å²) >= 11 is 12.4. The van der Waals surface area contributed by atoms with Gasteiger partial charge in [-0.05, 0) is 36.8 Å². The maximum absolute atomic E-state index is 6.42. The number of alkyl halides is 1. The molecule has 1 saturated carbocycles. The fraction of sp³-hybridized carbons (Fsp3) is 0.588. The zero-order chi connectivity index (χ0) is 14.8. The lowest BCUT2D eigenvalue weighted by molar-refractivity contribution is 0.265. The van der Waals surface area contributed by atoms with E-state index in [9.17, 15) is 0 Å². The Morgan fingerprint density at radius 1 is 1.24 bits per heavy atom. The lowest BCUT2D eigenvalue weighted by Crippen LogP contribution is -2.19. The van der Waals surface area contributed by atoms with Crippen molar-refractivity contribution in [3.8, 4) is 0 Å². The Hall–Kier alpha value is -0.730. The third kappa shape index (κ3) is 3.22. The Morgan fingerprint density at radius 3 is 2.71 bits per heavy atom. The molecule has 2 nitrogen and oxygen atoms in total. The fourth-order valence-corrected chi connectivity index (χ4v) is 3.87. The van der Waals surface area contributed by atoms with Gasteiger partial charge in [-0.15, -0.1) is 11.6 Å². The summed E-state index contributed by atoms with van der Waals surface area (Å²) in [5, 5.41) is 0.796. The molecule has 0 radical (unpaired) electrons. The van der Waals surface area contributed by atoms with Crippen molar-refractivity contribution < 1.29 is 0 Å². The minimum atomic E-state index is 0.600. The normalized spacial score (nSPS) is 22.8. The first kappa shape index (κ1) is 15.2. The Kier molecular flexibility index (Phi) is 4.75. The van der Waals surface area contributed by atoms with Crippen LogP contribution in [0.1, 0.15) is 38.4 Å². The van der Waals surface area contributed by atoms with Crippen LogP contribution in [-0.4, -0.2) is 15.4 Å². The van der Waals surface area contributed by atoms with Crippen LogP contribution in [0, 0.1) is 11.8 Å². The molecular weight excluding hydrogens is 303 g/mol. The number of aromatic nitrogens is 2. The second kappa shape index (κ2) is 6.58. The van der Waals surface area contributed by atoms with E-state index in [1.54, 1.807) is 0 Å². The molecule has 1 aliphatic carbocycles. The predicted molar refractivity (Wildman–Crippen MR) is 90.3 cm³/mol. The second-order valence-corrected chi connectivity index (χ2v) is 7.10. The van der Waals surface area contributed by atoms with Crippen molar-refractivity contribution in [2.45, 2.75) is 45.6 Å². The first-order valence-corrected chi connectivity index (χ1v) is 8.80. The summed E-state index contributed by atoms with van der Waals surface area (Å²) in [4.78, 5) is 4.74. The van der Waals surface area contributed by atoms with Crippen LogP contribution in [0.5, 0.6) is 0 Å². The summed E-state index contributed by atoms with van der Waals surface area (Å²) in [6.45, 7) is 3.39. The SMILES string of the molecule is CC1CCC(Cn2c(CCCl)nc3cccc(Cl)c32)CC1. The van der Waals surface area contributed by atoms with E-state index in [-0.39, 0.29) is 0 Å². The molecule has 1 heterocycles. The van der Waals surface area contributed by atoms with Gasteiger partial charge in [0.25, 0.3) is 0 Å². The molecule has 0 aliphatic heterocycles. The van der Waals surface area contributed by atoms with Gasteiger partial charge in [0.2, 0.25) is 0 Å². The molecule has 0 spiro atoms. The minimum absolute atomic E-state index is 0.600. The highest BCUT2D eigenvalue weighted by atomic mass is 35.5. The molecule has 4 heteroatoms. The van der Waals surface area contributed by atoms with E-state index in [1.165, 1.54) is 25.7 Å². The van der Waals surface area contributed by atoms with E-state index in [4.69, 9.17) is 28.2 Å². The van der Waals surface area contributed by atoms with Gasteiger partial charge in [0, 0.05) is 18.8 Å². The van der Waals surface area contributed by atoms with E-state index in [2.05, 4.69) is 11.5 Å². The maximum atomic E-state index is 6.42. The predicted octanol–water partition coefficient (Wildman–Crippen LogP) is 5.30. The Morgan fingerprint density at radius 2 is 2.00 bits per heavy atom. The summed E-state index contributed by atoms with van der Waals surface area (Å²) in [5.74, 6) is 3.30. The second-order valence-electron chi connectivity index (χ2n) is 6.31. The van der Waals surface area contributed by atoms with E-state index >= 15 is 0 Å². The average molecular weight is 325 g/mol. The van der Waals surface area contributed by atoms with Crippen LogP contribution >= 0.6 is 23.2 Å². The van der Waals surface area contributed by atoms with Crippen LogP contribution < -0.4 is 0 Å². The number of rotatable bonds is 4. The lowest BCUT2D eigenvalue weighted by Gasteiger charge is -2.27. The first-order chi connectivity index (χ1) is 10.2.